The zero-order valence-corrected chi connectivity index (χ0v) is 21.0. The number of nitrogens with zero attached hydrogens (tertiary/aromatic N) is 3. The van der Waals surface area contributed by atoms with Crippen LogP contribution in [0.25, 0.3) is 0 Å². The molecule has 10 heteroatoms. The van der Waals surface area contributed by atoms with Gasteiger partial charge in [0.25, 0.3) is 0 Å². The van der Waals surface area contributed by atoms with Crippen molar-refractivity contribution in [2.75, 3.05) is 58.4 Å². The van der Waals surface area contributed by atoms with Gasteiger partial charge in [-0.25, -0.2) is 8.42 Å². The SMILES string of the molecule is COc1ccc(OC)c(S(=O)(=O)N2CCC[C@H](C(=O)N3CCN(c4cccc(Cl)c4)CC3)C2)c1. The highest BCUT2D eigenvalue weighted by atomic mass is 35.5. The van der Waals surface area contributed by atoms with Crippen molar-refractivity contribution in [2.24, 2.45) is 5.92 Å². The van der Waals surface area contributed by atoms with Crippen LogP contribution < -0.4 is 14.4 Å². The molecule has 2 saturated heterocycles. The maximum absolute atomic E-state index is 13.5. The smallest absolute Gasteiger partial charge is 0.246 e. The lowest BCUT2D eigenvalue weighted by atomic mass is 9.97. The predicted octanol–water partition coefficient (Wildman–Crippen LogP) is 3.11. The Bertz CT molecular complexity index is 1140. The molecule has 2 heterocycles. The van der Waals surface area contributed by atoms with Crippen molar-refractivity contribution in [3.63, 3.8) is 0 Å². The number of methoxy groups -OCH3 is 2. The molecule has 2 aromatic carbocycles. The monoisotopic (exact) mass is 507 g/mol. The third-order valence-electron chi connectivity index (χ3n) is 6.49. The third kappa shape index (κ3) is 5.11. The van der Waals surface area contributed by atoms with Crippen LogP contribution in [-0.4, -0.2) is 77.0 Å². The average Bonchev–Trinajstić information content (AvgIpc) is 2.88. The summed E-state index contributed by atoms with van der Waals surface area (Å²) in [6, 6.07) is 12.4. The van der Waals surface area contributed by atoms with Gasteiger partial charge in [-0.1, -0.05) is 17.7 Å². The molecule has 2 aliphatic heterocycles. The van der Waals surface area contributed by atoms with Gasteiger partial charge in [0.1, 0.15) is 16.4 Å². The molecular weight excluding hydrogens is 478 g/mol. The number of benzene rings is 2. The van der Waals surface area contributed by atoms with Crippen LogP contribution in [0.4, 0.5) is 5.69 Å². The fourth-order valence-corrected chi connectivity index (χ4v) is 6.48. The van der Waals surface area contributed by atoms with E-state index < -0.39 is 10.0 Å². The van der Waals surface area contributed by atoms with Crippen LogP contribution in [0.2, 0.25) is 5.02 Å². The van der Waals surface area contributed by atoms with Gasteiger partial charge in [0.15, 0.2) is 0 Å². The molecule has 0 saturated carbocycles. The van der Waals surface area contributed by atoms with Gasteiger partial charge in [0, 0.05) is 56.0 Å². The number of piperidine rings is 1. The lowest BCUT2D eigenvalue weighted by molar-refractivity contribution is -0.137. The summed E-state index contributed by atoms with van der Waals surface area (Å²) in [6.45, 7) is 3.14. The normalized spacial score (nSPS) is 19.7. The van der Waals surface area contributed by atoms with E-state index in [1.165, 1.54) is 24.6 Å². The predicted molar refractivity (Wildman–Crippen MR) is 131 cm³/mol. The number of sulfonamides is 1. The van der Waals surface area contributed by atoms with Gasteiger partial charge >= 0.3 is 0 Å². The summed E-state index contributed by atoms with van der Waals surface area (Å²) in [4.78, 5) is 17.4. The summed E-state index contributed by atoms with van der Waals surface area (Å²) in [5.74, 6) is 0.342. The molecule has 0 spiro atoms. The standard InChI is InChI=1S/C24H30ClN3O5S/c1-32-21-8-9-22(33-2)23(16-21)34(30,31)28-10-4-5-18(17-28)24(29)27-13-11-26(12-14-27)20-7-3-6-19(25)15-20/h3,6-9,15-16,18H,4-5,10-14,17H2,1-2H3/t18-/m0/s1. The van der Waals surface area contributed by atoms with Gasteiger partial charge in [-0.15, -0.1) is 0 Å². The summed E-state index contributed by atoms with van der Waals surface area (Å²) in [5, 5.41) is 0.687. The second-order valence-corrected chi connectivity index (χ2v) is 10.9. The van der Waals surface area contributed by atoms with Crippen LogP contribution in [0.5, 0.6) is 11.5 Å². The number of ether oxygens (including phenoxy) is 2. The van der Waals surface area contributed by atoms with E-state index in [1.807, 2.05) is 29.2 Å². The summed E-state index contributed by atoms with van der Waals surface area (Å²) in [6.07, 6.45) is 1.30. The molecule has 1 atom stereocenters. The zero-order valence-electron chi connectivity index (χ0n) is 19.4. The minimum absolute atomic E-state index is 0.0169. The Kier molecular flexibility index (Phi) is 7.54. The van der Waals surface area contributed by atoms with Gasteiger partial charge in [0.05, 0.1) is 20.1 Å². The van der Waals surface area contributed by atoms with Crippen molar-refractivity contribution in [2.45, 2.75) is 17.7 Å². The topological polar surface area (TPSA) is 79.4 Å². The highest BCUT2D eigenvalue weighted by Crippen LogP contribution is 2.33. The quantitative estimate of drug-likeness (QED) is 0.598. The third-order valence-corrected chi connectivity index (χ3v) is 8.61. The largest absolute Gasteiger partial charge is 0.497 e. The maximum Gasteiger partial charge on any atom is 0.246 e. The number of piperazine rings is 1. The number of rotatable bonds is 6. The Hall–Kier alpha value is -2.49. The van der Waals surface area contributed by atoms with Crippen molar-refractivity contribution >= 4 is 33.2 Å². The van der Waals surface area contributed by atoms with E-state index >= 15 is 0 Å². The van der Waals surface area contributed by atoms with Crippen LogP contribution in [0, 0.1) is 5.92 Å². The van der Waals surface area contributed by atoms with E-state index in [0.717, 1.165) is 5.69 Å². The van der Waals surface area contributed by atoms with Crippen molar-refractivity contribution in [1.82, 2.24) is 9.21 Å². The number of amides is 1. The highest BCUT2D eigenvalue weighted by molar-refractivity contribution is 7.89. The molecule has 0 aromatic heterocycles. The molecule has 0 unspecified atom stereocenters. The first-order chi connectivity index (χ1) is 16.3. The zero-order chi connectivity index (χ0) is 24.3. The van der Waals surface area contributed by atoms with Crippen molar-refractivity contribution in [1.29, 1.82) is 0 Å². The van der Waals surface area contributed by atoms with E-state index in [2.05, 4.69) is 4.90 Å². The van der Waals surface area contributed by atoms with Gasteiger partial charge in [0.2, 0.25) is 15.9 Å². The molecule has 8 nitrogen and oxygen atoms in total. The molecule has 184 valence electrons. The summed E-state index contributed by atoms with van der Waals surface area (Å²) in [5.41, 5.74) is 1.04. The lowest BCUT2D eigenvalue weighted by Crippen LogP contribution is -2.53. The summed E-state index contributed by atoms with van der Waals surface area (Å²) in [7, 11) is -0.924. The summed E-state index contributed by atoms with van der Waals surface area (Å²) >= 11 is 6.12. The number of anilines is 1. The van der Waals surface area contributed by atoms with E-state index in [0.29, 0.717) is 56.3 Å². The van der Waals surface area contributed by atoms with Gasteiger partial charge in [-0.3, -0.25) is 4.79 Å². The van der Waals surface area contributed by atoms with E-state index in [4.69, 9.17) is 21.1 Å². The van der Waals surface area contributed by atoms with E-state index in [9.17, 15) is 13.2 Å². The first-order valence-electron chi connectivity index (χ1n) is 11.3. The minimum Gasteiger partial charge on any atom is -0.497 e. The first-order valence-corrected chi connectivity index (χ1v) is 13.2. The molecule has 0 aliphatic carbocycles. The highest BCUT2D eigenvalue weighted by Gasteiger charge is 2.37. The lowest BCUT2D eigenvalue weighted by Gasteiger charge is -2.39. The van der Waals surface area contributed by atoms with Crippen LogP contribution in [0.1, 0.15) is 12.8 Å². The number of carbonyl (C=O) groups excluding carboxylic acids is 1. The molecular formula is C24H30ClN3O5S. The van der Waals surface area contributed by atoms with Crippen molar-refractivity contribution < 1.29 is 22.7 Å². The van der Waals surface area contributed by atoms with Gasteiger partial charge < -0.3 is 19.3 Å². The van der Waals surface area contributed by atoms with Crippen LogP contribution >= 0.6 is 11.6 Å². The Balaban J connectivity index is 1.43. The molecule has 2 fully saturated rings. The van der Waals surface area contributed by atoms with Gasteiger partial charge in [-0.05, 0) is 43.2 Å². The van der Waals surface area contributed by atoms with Crippen molar-refractivity contribution in [3.05, 3.63) is 47.5 Å². The number of halogens is 1. The van der Waals surface area contributed by atoms with Crippen LogP contribution in [-0.2, 0) is 14.8 Å². The molecule has 0 bridgehead atoms. The summed E-state index contributed by atoms with van der Waals surface area (Å²) < 4.78 is 38.8. The van der Waals surface area contributed by atoms with Crippen LogP contribution in [0.15, 0.2) is 47.4 Å². The molecule has 4 rings (SSSR count). The molecule has 1 amide bonds. The Morgan fingerprint density at radius 2 is 1.76 bits per heavy atom. The molecule has 0 radical (unpaired) electrons. The van der Waals surface area contributed by atoms with Crippen LogP contribution in [0.3, 0.4) is 0 Å². The average molecular weight is 508 g/mol. The number of carbonyl (C=O) groups is 1. The first kappa shape index (κ1) is 24.6. The fourth-order valence-electron chi connectivity index (χ4n) is 4.60. The molecule has 34 heavy (non-hydrogen) atoms. The second-order valence-electron chi connectivity index (χ2n) is 8.51. The maximum atomic E-state index is 13.5. The van der Waals surface area contributed by atoms with Gasteiger partial charge in [-0.2, -0.15) is 4.31 Å². The minimum atomic E-state index is -3.85. The molecule has 0 N–H and O–H groups in total. The Morgan fingerprint density at radius 1 is 1.00 bits per heavy atom. The molecule has 2 aliphatic rings. The van der Waals surface area contributed by atoms with E-state index in [1.54, 1.807) is 12.1 Å². The molecule has 2 aromatic rings. The number of hydrogen-bond acceptors (Lipinski definition) is 6. The number of hydrogen-bond donors (Lipinski definition) is 0. The Morgan fingerprint density at radius 3 is 2.44 bits per heavy atom. The fraction of sp³-hybridized carbons (Fsp3) is 0.458. The van der Waals surface area contributed by atoms with E-state index in [-0.39, 0.29) is 29.0 Å². The second kappa shape index (κ2) is 10.4. The van der Waals surface area contributed by atoms with Crippen molar-refractivity contribution in [3.8, 4) is 11.5 Å². The Labute approximate surface area is 206 Å².